The maximum Gasteiger partial charge on any atom is 0.125 e. The van der Waals surface area contributed by atoms with Crippen molar-refractivity contribution in [2.75, 3.05) is 18.1 Å². The van der Waals surface area contributed by atoms with Gasteiger partial charge in [-0.1, -0.05) is 18.2 Å². The van der Waals surface area contributed by atoms with Crippen LogP contribution in [0, 0.1) is 0 Å². The number of aliphatic hydroxyl groups excluding tert-OH is 1. The fourth-order valence-electron chi connectivity index (χ4n) is 3.06. The molecule has 1 aromatic rings. The molecule has 3 rings (SSSR count). The Labute approximate surface area is 124 Å². The summed E-state index contributed by atoms with van der Waals surface area (Å²) >= 11 is 1.98. The molecular weight excluding hydrogens is 272 g/mol. The Morgan fingerprint density at radius 3 is 3.05 bits per heavy atom. The van der Waals surface area contributed by atoms with Gasteiger partial charge in [-0.3, -0.25) is 0 Å². The van der Waals surface area contributed by atoms with Crippen molar-refractivity contribution in [1.82, 2.24) is 0 Å². The summed E-state index contributed by atoms with van der Waals surface area (Å²) in [4.78, 5) is 0. The van der Waals surface area contributed by atoms with Gasteiger partial charge >= 0.3 is 0 Å². The van der Waals surface area contributed by atoms with Gasteiger partial charge in [0.15, 0.2) is 0 Å². The highest BCUT2D eigenvalue weighted by molar-refractivity contribution is 7.99. The molecule has 2 heterocycles. The molecule has 0 radical (unpaired) electrons. The van der Waals surface area contributed by atoms with E-state index in [9.17, 15) is 5.11 Å². The van der Waals surface area contributed by atoms with Crippen LogP contribution in [-0.4, -0.2) is 34.9 Å². The van der Waals surface area contributed by atoms with E-state index >= 15 is 0 Å². The average molecular weight is 294 g/mol. The zero-order valence-corrected chi connectivity index (χ0v) is 12.7. The lowest BCUT2D eigenvalue weighted by atomic mass is 9.91. The van der Waals surface area contributed by atoms with Crippen LogP contribution in [0.2, 0.25) is 0 Å². The van der Waals surface area contributed by atoms with Crippen LogP contribution < -0.4 is 4.74 Å². The normalized spacial score (nSPS) is 31.4. The molecule has 2 saturated heterocycles. The fourth-order valence-corrected chi connectivity index (χ4v) is 4.44. The summed E-state index contributed by atoms with van der Waals surface area (Å²) in [5, 5.41) is 9.83. The van der Waals surface area contributed by atoms with E-state index in [0.29, 0.717) is 0 Å². The summed E-state index contributed by atoms with van der Waals surface area (Å²) in [6.45, 7) is 2.56. The second-order valence-electron chi connectivity index (χ2n) is 5.78. The average Bonchev–Trinajstić information content (AvgIpc) is 2.87. The number of hydrogen-bond acceptors (Lipinski definition) is 4. The summed E-state index contributed by atoms with van der Waals surface area (Å²) < 4.78 is 12.2. The highest BCUT2D eigenvalue weighted by Gasteiger charge is 2.41. The van der Waals surface area contributed by atoms with Gasteiger partial charge < -0.3 is 14.6 Å². The number of benzene rings is 1. The summed E-state index contributed by atoms with van der Waals surface area (Å²) in [6, 6.07) is 7.78. The van der Waals surface area contributed by atoms with Gasteiger partial charge in [-0.05, 0) is 25.2 Å². The number of thioether (sulfide) groups is 1. The topological polar surface area (TPSA) is 38.7 Å². The molecule has 1 spiro atoms. The molecule has 2 unspecified atom stereocenters. The maximum absolute atomic E-state index is 9.83. The first kappa shape index (κ1) is 14.2. The Bertz CT molecular complexity index is 455. The van der Waals surface area contributed by atoms with E-state index in [4.69, 9.17) is 9.47 Å². The van der Waals surface area contributed by atoms with E-state index in [2.05, 4.69) is 0 Å². The first-order chi connectivity index (χ1) is 9.69. The third-order valence-electron chi connectivity index (χ3n) is 4.18. The van der Waals surface area contributed by atoms with Crippen LogP contribution in [-0.2, 0) is 4.74 Å². The van der Waals surface area contributed by atoms with Crippen molar-refractivity contribution >= 4 is 11.8 Å². The highest BCUT2D eigenvalue weighted by atomic mass is 32.2. The van der Waals surface area contributed by atoms with Crippen LogP contribution in [0.1, 0.15) is 37.9 Å². The minimum atomic E-state index is -0.498. The molecule has 0 aliphatic carbocycles. The molecule has 1 aromatic carbocycles. The molecule has 0 aromatic heterocycles. The lowest BCUT2D eigenvalue weighted by Gasteiger charge is -2.38. The molecule has 20 heavy (non-hydrogen) atoms. The molecule has 2 aliphatic heterocycles. The summed E-state index contributed by atoms with van der Waals surface area (Å²) in [6.07, 6.45) is 2.73. The molecule has 1 N–H and O–H groups in total. The molecule has 0 amide bonds. The number of aliphatic hydroxyl groups is 1. The molecule has 3 nitrogen and oxygen atoms in total. The van der Waals surface area contributed by atoms with Gasteiger partial charge in [-0.15, -0.1) is 0 Å². The van der Waals surface area contributed by atoms with E-state index in [-0.39, 0.29) is 11.7 Å². The zero-order valence-electron chi connectivity index (χ0n) is 11.9. The second kappa shape index (κ2) is 5.96. The first-order valence-corrected chi connectivity index (χ1v) is 8.49. The largest absolute Gasteiger partial charge is 0.490 e. The zero-order chi connectivity index (χ0) is 14.0. The van der Waals surface area contributed by atoms with E-state index < -0.39 is 6.10 Å². The predicted molar refractivity (Wildman–Crippen MR) is 81.4 cm³/mol. The Hall–Kier alpha value is -0.710. The van der Waals surface area contributed by atoms with Gasteiger partial charge in [0.1, 0.15) is 11.9 Å². The predicted octanol–water partition coefficient (Wildman–Crippen LogP) is 3.17. The standard InChI is InChI=1S/C16H22O3S/c1-12(17)14-4-2-3-5-15(14)19-13-6-8-18-16(10-13)7-9-20-11-16/h2-5,12-13,17H,6-11H2,1H3/t12-,13?,16?/m0/s1. The molecule has 3 atom stereocenters. The van der Waals surface area contributed by atoms with Gasteiger partial charge in [0, 0.05) is 24.2 Å². The number of hydrogen-bond donors (Lipinski definition) is 1. The monoisotopic (exact) mass is 294 g/mol. The van der Waals surface area contributed by atoms with Gasteiger partial charge in [-0.25, -0.2) is 0 Å². The fraction of sp³-hybridized carbons (Fsp3) is 0.625. The molecule has 0 bridgehead atoms. The van der Waals surface area contributed by atoms with Crippen molar-refractivity contribution in [2.45, 2.75) is 44.0 Å². The third kappa shape index (κ3) is 2.97. The van der Waals surface area contributed by atoms with Crippen LogP contribution in [0.15, 0.2) is 24.3 Å². The summed E-state index contributed by atoms with van der Waals surface area (Å²) in [5.74, 6) is 3.09. The molecule has 0 saturated carbocycles. The summed E-state index contributed by atoms with van der Waals surface area (Å²) in [7, 11) is 0. The molecular formula is C16H22O3S. The first-order valence-electron chi connectivity index (χ1n) is 7.34. The van der Waals surface area contributed by atoms with Gasteiger partial charge in [0.2, 0.25) is 0 Å². The number of ether oxygens (including phenoxy) is 2. The van der Waals surface area contributed by atoms with Gasteiger partial charge in [0.25, 0.3) is 0 Å². The molecule has 4 heteroatoms. The Kier molecular flexibility index (Phi) is 4.24. The van der Waals surface area contributed by atoms with Crippen LogP contribution in [0.3, 0.4) is 0 Å². The molecule has 110 valence electrons. The van der Waals surface area contributed by atoms with E-state index in [1.165, 1.54) is 5.75 Å². The Balaban J connectivity index is 1.71. The van der Waals surface area contributed by atoms with Crippen LogP contribution in [0.5, 0.6) is 5.75 Å². The van der Waals surface area contributed by atoms with Crippen molar-refractivity contribution in [3.63, 3.8) is 0 Å². The van der Waals surface area contributed by atoms with Crippen molar-refractivity contribution in [2.24, 2.45) is 0 Å². The van der Waals surface area contributed by atoms with Crippen molar-refractivity contribution in [3.8, 4) is 5.75 Å². The minimum absolute atomic E-state index is 0.0351. The number of para-hydroxylation sites is 1. The highest BCUT2D eigenvalue weighted by Crippen LogP contribution is 2.39. The summed E-state index contributed by atoms with van der Waals surface area (Å²) in [5.41, 5.74) is 0.904. The van der Waals surface area contributed by atoms with E-state index in [0.717, 1.165) is 42.9 Å². The van der Waals surface area contributed by atoms with Crippen molar-refractivity contribution < 1.29 is 14.6 Å². The van der Waals surface area contributed by atoms with E-state index in [1.807, 2.05) is 36.0 Å². The van der Waals surface area contributed by atoms with Gasteiger partial charge in [-0.2, -0.15) is 11.8 Å². The van der Waals surface area contributed by atoms with Crippen molar-refractivity contribution in [3.05, 3.63) is 29.8 Å². The minimum Gasteiger partial charge on any atom is -0.490 e. The molecule has 2 aliphatic rings. The SMILES string of the molecule is C[C@H](O)c1ccccc1OC1CCOC2(CCSC2)C1. The Morgan fingerprint density at radius 1 is 1.45 bits per heavy atom. The van der Waals surface area contributed by atoms with E-state index in [1.54, 1.807) is 6.92 Å². The molecule has 2 fully saturated rings. The Morgan fingerprint density at radius 2 is 2.30 bits per heavy atom. The van der Waals surface area contributed by atoms with Crippen LogP contribution in [0.25, 0.3) is 0 Å². The lowest BCUT2D eigenvalue weighted by molar-refractivity contribution is -0.0961. The van der Waals surface area contributed by atoms with Crippen molar-refractivity contribution in [1.29, 1.82) is 0 Å². The second-order valence-corrected chi connectivity index (χ2v) is 6.89. The smallest absolute Gasteiger partial charge is 0.125 e. The van der Waals surface area contributed by atoms with Crippen LogP contribution in [0.4, 0.5) is 0 Å². The third-order valence-corrected chi connectivity index (χ3v) is 5.40. The number of rotatable bonds is 3. The van der Waals surface area contributed by atoms with Gasteiger partial charge in [0.05, 0.1) is 18.3 Å². The van der Waals surface area contributed by atoms with Crippen LogP contribution >= 0.6 is 11.8 Å². The lowest BCUT2D eigenvalue weighted by Crippen LogP contribution is -2.43. The maximum atomic E-state index is 9.83. The quantitative estimate of drug-likeness (QED) is 0.929.